The van der Waals surface area contributed by atoms with Crippen LogP contribution in [0, 0.1) is 5.92 Å². The normalized spacial score (nSPS) is 21.8. The van der Waals surface area contributed by atoms with E-state index in [1.165, 1.54) is 0 Å². The van der Waals surface area contributed by atoms with Gasteiger partial charge in [0.15, 0.2) is 6.29 Å². The molecular weight excluding hydrogens is 380 g/mol. The van der Waals surface area contributed by atoms with Gasteiger partial charge in [-0.05, 0) is 18.9 Å². The number of amides is 3. The van der Waals surface area contributed by atoms with Crippen molar-refractivity contribution in [2.75, 3.05) is 5.32 Å². The molecule has 3 rings (SSSR count). The molecule has 3 atom stereocenters. The smallest absolute Gasteiger partial charge is 0.320 e. The summed E-state index contributed by atoms with van der Waals surface area (Å²) in [5.41, 5.74) is 1.62. The van der Waals surface area contributed by atoms with Crippen LogP contribution in [0.2, 0.25) is 0 Å². The van der Waals surface area contributed by atoms with E-state index in [9.17, 15) is 9.59 Å². The quantitative estimate of drug-likeness (QED) is 0.606. The number of carbonyl (C=O) groups excluding carboxylic acids is 2. The Hall–Kier alpha value is -2.87. The minimum atomic E-state index is -0.532. The zero-order valence-electron chi connectivity index (χ0n) is 18.3. The van der Waals surface area contributed by atoms with Crippen LogP contribution >= 0.6 is 0 Å². The van der Waals surface area contributed by atoms with Gasteiger partial charge in [-0.2, -0.15) is 5.10 Å². The highest BCUT2D eigenvalue weighted by atomic mass is 16.2. The number of urea groups is 1. The number of anilines is 1. The van der Waals surface area contributed by atoms with Crippen LogP contribution in [0.4, 0.5) is 10.6 Å². The predicted molar refractivity (Wildman–Crippen MR) is 117 cm³/mol. The van der Waals surface area contributed by atoms with E-state index in [0.29, 0.717) is 12.4 Å². The average Bonchev–Trinajstić information content (AvgIpc) is 3.11. The third-order valence-electron chi connectivity index (χ3n) is 5.37. The Bertz CT molecular complexity index is 887. The average molecular weight is 413 g/mol. The van der Waals surface area contributed by atoms with Crippen molar-refractivity contribution in [1.29, 1.82) is 0 Å². The molecule has 0 spiro atoms. The third kappa shape index (κ3) is 4.99. The van der Waals surface area contributed by atoms with Crippen molar-refractivity contribution in [2.24, 2.45) is 5.92 Å². The lowest BCUT2D eigenvalue weighted by Crippen LogP contribution is -2.57. The highest BCUT2D eigenvalue weighted by Crippen LogP contribution is 2.27. The number of benzene rings is 1. The topological polar surface area (TPSA) is 100 Å². The Kier molecular flexibility index (Phi) is 6.45. The van der Waals surface area contributed by atoms with Crippen LogP contribution in [0.25, 0.3) is 0 Å². The summed E-state index contributed by atoms with van der Waals surface area (Å²) in [6, 6.07) is 11.2. The summed E-state index contributed by atoms with van der Waals surface area (Å²) < 4.78 is 1.64. The standard InChI is InChI=1S/C22H32N6O2/c1-6-16-14(2)24-20(26-19(16)29)28-18(12-17(27-28)22(3,4)5)25-21(30)23-13-15-10-8-7-9-11-15/h7-12,14,16,20,24H,6,13H2,1-5H3,(H,26,29)(H2,23,25,30). The molecule has 1 aromatic carbocycles. The molecule has 30 heavy (non-hydrogen) atoms. The van der Waals surface area contributed by atoms with E-state index < -0.39 is 6.29 Å². The zero-order chi connectivity index (χ0) is 21.9. The SMILES string of the molecule is CCC1C(=O)NC(n2nc(C(C)(C)C)cc2NC(=O)NCc2ccccc2)NC1C. The van der Waals surface area contributed by atoms with Crippen molar-refractivity contribution < 1.29 is 9.59 Å². The van der Waals surface area contributed by atoms with Gasteiger partial charge in [0.2, 0.25) is 5.91 Å². The Morgan fingerprint density at radius 3 is 2.53 bits per heavy atom. The Morgan fingerprint density at radius 2 is 1.93 bits per heavy atom. The molecule has 1 aromatic heterocycles. The van der Waals surface area contributed by atoms with Crippen molar-refractivity contribution in [3.05, 3.63) is 47.7 Å². The van der Waals surface area contributed by atoms with Gasteiger partial charge in [-0.15, -0.1) is 0 Å². The summed E-state index contributed by atoms with van der Waals surface area (Å²) in [7, 11) is 0. The predicted octanol–water partition coefficient (Wildman–Crippen LogP) is 3.09. The monoisotopic (exact) mass is 412 g/mol. The van der Waals surface area contributed by atoms with E-state index in [2.05, 4.69) is 42.0 Å². The minimum Gasteiger partial charge on any atom is -0.334 e. The lowest BCUT2D eigenvalue weighted by atomic mass is 9.92. The molecule has 0 radical (unpaired) electrons. The number of rotatable bonds is 5. The van der Waals surface area contributed by atoms with Gasteiger partial charge in [-0.25, -0.2) is 9.48 Å². The van der Waals surface area contributed by atoms with Crippen LogP contribution < -0.4 is 21.3 Å². The van der Waals surface area contributed by atoms with E-state index >= 15 is 0 Å². The third-order valence-corrected chi connectivity index (χ3v) is 5.37. The van der Waals surface area contributed by atoms with E-state index in [0.717, 1.165) is 17.7 Å². The molecule has 0 bridgehead atoms. The van der Waals surface area contributed by atoms with E-state index in [1.807, 2.05) is 50.2 Å². The molecule has 8 nitrogen and oxygen atoms in total. The first-order valence-corrected chi connectivity index (χ1v) is 10.4. The first-order chi connectivity index (χ1) is 14.2. The summed E-state index contributed by atoms with van der Waals surface area (Å²) in [6.45, 7) is 10.6. The van der Waals surface area contributed by atoms with Crippen LogP contribution in [0.15, 0.2) is 36.4 Å². The summed E-state index contributed by atoms with van der Waals surface area (Å²) in [4.78, 5) is 25.1. The highest BCUT2D eigenvalue weighted by Gasteiger charge is 2.35. The van der Waals surface area contributed by atoms with Gasteiger partial charge in [0.25, 0.3) is 0 Å². The molecule has 162 valence electrons. The van der Waals surface area contributed by atoms with E-state index in [-0.39, 0.29) is 29.3 Å². The maximum atomic E-state index is 12.5. The second-order valence-corrected chi connectivity index (χ2v) is 8.78. The lowest BCUT2D eigenvalue weighted by Gasteiger charge is -2.35. The Labute approximate surface area is 177 Å². The molecule has 0 aliphatic carbocycles. The van der Waals surface area contributed by atoms with Crippen molar-refractivity contribution in [2.45, 2.75) is 65.3 Å². The molecule has 1 saturated heterocycles. The number of nitrogens with one attached hydrogen (secondary N) is 4. The molecule has 1 fully saturated rings. The molecular formula is C22H32N6O2. The number of hydrogen-bond donors (Lipinski definition) is 4. The number of aromatic nitrogens is 2. The zero-order valence-corrected chi connectivity index (χ0v) is 18.3. The van der Waals surface area contributed by atoms with Crippen molar-refractivity contribution >= 4 is 17.8 Å². The molecule has 1 aliphatic rings. The first kappa shape index (κ1) is 21.8. The van der Waals surface area contributed by atoms with Crippen LogP contribution in [0.3, 0.4) is 0 Å². The Balaban J connectivity index is 1.78. The molecule has 3 amide bonds. The van der Waals surface area contributed by atoms with Crippen LogP contribution in [0.5, 0.6) is 0 Å². The summed E-state index contributed by atoms with van der Waals surface area (Å²) >= 11 is 0. The number of hydrogen-bond acceptors (Lipinski definition) is 4. The second kappa shape index (κ2) is 8.87. The molecule has 2 aromatic rings. The first-order valence-electron chi connectivity index (χ1n) is 10.4. The highest BCUT2D eigenvalue weighted by molar-refractivity contribution is 5.88. The van der Waals surface area contributed by atoms with E-state index in [4.69, 9.17) is 5.10 Å². The molecule has 0 saturated carbocycles. The van der Waals surface area contributed by atoms with Crippen molar-refractivity contribution in [1.82, 2.24) is 25.7 Å². The van der Waals surface area contributed by atoms with Gasteiger partial charge in [-0.3, -0.25) is 15.4 Å². The maximum absolute atomic E-state index is 12.5. The summed E-state index contributed by atoms with van der Waals surface area (Å²) in [6.07, 6.45) is 0.224. The number of carbonyl (C=O) groups is 2. The molecule has 4 N–H and O–H groups in total. The molecule has 8 heteroatoms. The maximum Gasteiger partial charge on any atom is 0.320 e. The largest absolute Gasteiger partial charge is 0.334 e. The van der Waals surface area contributed by atoms with Crippen molar-refractivity contribution in [3.8, 4) is 0 Å². The van der Waals surface area contributed by atoms with Gasteiger partial charge in [0, 0.05) is 24.1 Å². The fraction of sp³-hybridized carbons (Fsp3) is 0.500. The van der Waals surface area contributed by atoms with Crippen LogP contribution in [0.1, 0.15) is 58.6 Å². The van der Waals surface area contributed by atoms with Gasteiger partial charge >= 0.3 is 6.03 Å². The van der Waals surface area contributed by atoms with Gasteiger partial charge in [0.1, 0.15) is 5.82 Å². The summed E-state index contributed by atoms with van der Waals surface area (Å²) in [5, 5.41) is 16.8. The lowest BCUT2D eigenvalue weighted by molar-refractivity contribution is -0.130. The van der Waals surface area contributed by atoms with Crippen molar-refractivity contribution in [3.63, 3.8) is 0 Å². The van der Waals surface area contributed by atoms with Gasteiger partial charge < -0.3 is 10.6 Å². The number of nitrogens with zero attached hydrogens (tertiary/aromatic N) is 2. The Morgan fingerprint density at radius 1 is 1.23 bits per heavy atom. The molecule has 3 unspecified atom stereocenters. The van der Waals surface area contributed by atoms with Gasteiger partial charge in [-0.1, -0.05) is 58.0 Å². The summed E-state index contributed by atoms with van der Waals surface area (Å²) in [5.74, 6) is 0.413. The second-order valence-electron chi connectivity index (χ2n) is 8.78. The molecule has 1 aliphatic heterocycles. The van der Waals surface area contributed by atoms with Crippen LogP contribution in [-0.4, -0.2) is 27.8 Å². The fourth-order valence-electron chi connectivity index (χ4n) is 3.54. The molecule has 2 heterocycles. The van der Waals surface area contributed by atoms with Gasteiger partial charge in [0.05, 0.1) is 11.6 Å². The fourth-order valence-corrected chi connectivity index (χ4v) is 3.54. The van der Waals surface area contributed by atoms with Crippen LogP contribution in [-0.2, 0) is 16.8 Å². The minimum absolute atomic E-state index is 0.00389. The van der Waals surface area contributed by atoms with E-state index in [1.54, 1.807) is 4.68 Å².